The standard InChI is InChI=1S/C33H37N3O5/c1-20-9-6-7-12-24(20)19-34-32(40)29-23-15-16-25(18-23)36(29)33(41)30(38)27(17-22-10-4-3-5-11-22)35-31(39)26-13-8-14-28(37)21(26)2/h3-14,23,25,27,29-30,37-38H,15-19H2,1-2H3,(H,34,40)(H,35,39)/t23-,25+,27+,29-,30-/m0/s1. The molecule has 3 aromatic carbocycles. The van der Waals surface area contributed by atoms with Crippen LogP contribution in [0.4, 0.5) is 0 Å². The van der Waals surface area contributed by atoms with E-state index in [-0.39, 0.29) is 35.6 Å². The van der Waals surface area contributed by atoms with Crippen molar-refractivity contribution in [1.82, 2.24) is 15.5 Å². The zero-order valence-electron chi connectivity index (χ0n) is 23.4. The van der Waals surface area contributed by atoms with Crippen LogP contribution in [0, 0.1) is 19.8 Å². The largest absolute Gasteiger partial charge is 0.508 e. The molecule has 2 aliphatic rings. The maximum Gasteiger partial charge on any atom is 0.254 e. The minimum atomic E-state index is -1.57. The Morgan fingerprint density at radius 2 is 1.68 bits per heavy atom. The van der Waals surface area contributed by atoms with Crippen LogP contribution in [0.25, 0.3) is 0 Å². The molecule has 8 nitrogen and oxygen atoms in total. The van der Waals surface area contributed by atoms with E-state index >= 15 is 0 Å². The number of aryl methyl sites for hydroxylation is 1. The van der Waals surface area contributed by atoms with E-state index in [0.29, 0.717) is 12.1 Å². The molecule has 1 saturated carbocycles. The Labute approximate surface area is 240 Å². The number of carbonyl (C=O) groups is 3. The summed E-state index contributed by atoms with van der Waals surface area (Å²) < 4.78 is 0. The molecule has 0 unspecified atom stereocenters. The van der Waals surface area contributed by atoms with Gasteiger partial charge < -0.3 is 25.7 Å². The third-order valence-corrected chi connectivity index (χ3v) is 8.62. The number of amides is 3. The van der Waals surface area contributed by atoms with Crippen molar-refractivity contribution in [2.24, 2.45) is 5.92 Å². The topological polar surface area (TPSA) is 119 Å². The zero-order valence-corrected chi connectivity index (χ0v) is 23.4. The molecular formula is C33H37N3O5. The van der Waals surface area contributed by atoms with Crippen LogP contribution in [-0.2, 0) is 22.6 Å². The van der Waals surface area contributed by atoms with Gasteiger partial charge in [0.25, 0.3) is 11.8 Å². The molecule has 8 heteroatoms. The second kappa shape index (κ2) is 12.1. The molecule has 4 N–H and O–H groups in total. The first-order chi connectivity index (χ1) is 19.7. The summed E-state index contributed by atoms with van der Waals surface area (Å²) in [6.07, 6.45) is 1.00. The van der Waals surface area contributed by atoms with Crippen molar-refractivity contribution in [1.29, 1.82) is 0 Å². The van der Waals surface area contributed by atoms with Crippen LogP contribution in [0.1, 0.15) is 51.9 Å². The molecule has 2 fully saturated rings. The van der Waals surface area contributed by atoms with E-state index in [1.807, 2.05) is 61.5 Å². The van der Waals surface area contributed by atoms with Gasteiger partial charge in [0.2, 0.25) is 5.91 Å². The second-order valence-corrected chi connectivity index (χ2v) is 11.2. The van der Waals surface area contributed by atoms with Gasteiger partial charge in [-0.1, -0.05) is 60.7 Å². The van der Waals surface area contributed by atoms with Crippen molar-refractivity contribution >= 4 is 17.7 Å². The molecule has 5 atom stereocenters. The fourth-order valence-electron chi connectivity index (χ4n) is 6.29. The number of likely N-dealkylation sites (tertiary alicyclic amines) is 1. The summed E-state index contributed by atoms with van der Waals surface area (Å²) in [4.78, 5) is 42.3. The van der Waals surface area contributed by atoms with Gasteiger partial charge in [-0.25, -0.2) is 0 Å². The first-order valence-electron chi connectivity index (χ1n) is 14.2. The van der Waals surface area contributed by atoms with E-state index in [1.165, 1.54) is 6.07 Å². The highest BCUT2D eigenvalue weighted by Crippen LogP contribution is 2.43. The molecule has 0 spiro atoms. The summed E-state index contributed by atoms with van der Waals surface area (Å²) in [7, 11) is 0. The van der Waals surface area contributed by atoms with Gasteiger partial charge >= 0.3 is 0 Å². The number of aliphatic hydroxyl groups excluding tert-OH is 1. The highest BCUT2D eigenvalue weighted by atomic mass is 16.3. The minimum Gasteiger partial charge on any atom is -0.508 e. The Balaban J connectivity index is 1.36. The lowest BCUT2D eigenvalue weighted by Gasteiger charge is -2.37. The monoisotopic (exact) mass is 555 g/mol. The number of fused-ring (bicyclic) bond motifs is 2. The number of nitrogens with one attached hydrogen (secondary N) is 2. The Kier molecular flexibility index (Phi) is 8.40. The summed E-state index contributed by atoms with van der Waals surface area (Å²) in [5.74, 6) is -1.25. The second-order valence-electron chi connectivity index (χ2n) is 11.2. The fraction of sp³-hybridized carbons (Fsp3) is 0.364. The van der Waals surface area contributed by atoms with Gasteiger partial charge in [-0.2, -0.15) is 0 Å². The number of aromatic hydroxyl groups is 1. The lowest BCUT2D eigenvalue weighted by Crippen LogP contribution is -2.59. The highest BCUT2D eigenvalue weighted by molar-refractivity contribution is 5.97. The molecule has 1 aliphatic carbocycles. The quantitative estimate of drug-likeness (QED) is 0.323. The van der Waals surface area contributed by atoms with E-state index in [4.69, 9.17) is 0 Å². The SMILES string of the molecule is Cc1ccccc1CNC(=O)[C@@H]1[C@H]2CC[C@H](C2)N1C(=O)[C@@H](O)[C@@H](Cc1ccccc1)NC(=O)c1cccc(O)c1C. The van der Waals surface area contributed by atoms with Gasteiger partial charge in [0.15, 0.2) is 6.10 Å². The smallest absolute Gasteiger partial charge is 0.254 e. The molecule has 3 amide bonds. The Bertz CT molecular complexity index is 1430. The number of hydrogen-bond acceptors (Lipinski definition) is 5. The third kappa shape index (κ3) is 5.98. The number of piperidine rings is 1. The number of rotatable bonds is 9. The summed E-state index contributed by atoms with van der Waals surface area (Å²) in [5.41, 5.74) is 3.59. The van der Waals surface area contributed by atoms with Crippen LogP contribution >= 0.6 is 0 Å². The van der Waals surface area contributed by atoms with Gasteiger partial charge in [-0.3, -0.25) is 14.4 Å². The molecule has 0 aromatic heterocycles. The lowest BCUT2D eigenvalue weighted by atomic mass is 9.95. The van der Waals surface area contributed by atoms with Gasteiger partial charge in [0.1, 0.15) is 11.8 Å². The molecule has 214 valence electrons. The van der Waals surface area contributed by atoms with Crippen molar-refractivity contribution in [3.05, 3.63) is 101 Å². The predicted octanol–water partition coefficient (Wildman–Crippen LogP) is 3.41. The third-order valence-electron chi connectivity index (χ3n) is 8.62. The van der Waals surface area contributed by atoms with Crippen molar-refractivity contribution in [2.45, 2.75) is 70.3 Å². The molecule has 1 heterocycles. The van der Waals surface area contributed by atoms with E-state index < -0.39 is 30.0 Å². The molecule has 1 aliphatic heterocycles. The van der Waals surface area contributed by atoms with Gasteiger partial charge in [0.05, 0.1) is 6.04 Å². The number of benzene rings is 3. The first-order valence-corrected chi connectivity index (χ1v) is 14.2. The van der Waals surface area contributed by atoms with Crippen LogP contribution < -0.4 is 10.6 Å². The average Bonchev–Trinajstić information content (AvgIpc) is 3.60. The van der Waals surface area contributed by atoms with E-state index in [1.54, 1.807) is 24.0 Å². The summed E-state index contributed by atoms with van der Waals surface area (Å²) >= 11 is 0. The number of phenols is 1. The van der Waals surface area contributed by atoms with Gasteiger partial charge in [0, 0.05) is 23.7 Å². The Morgan fingerprint density at radius 1 is 0.951 bits per heavy atom. The van der Waals surface area contributed by atoms with Crippen LogP contribution in [0.3, 0.4) is 0 Å². The summed E-state index contributed by atoms with van der Waals surface area (Å²) in [6, 6.07) is 20.1. The molecule has 1 saturated heterocycles. The average molecular weight is 556 g/mol. The van der Waals surface area contributed by atoms with Crippen LogP contribution in [0.5, 0.6) is 5.75 Å². The van der Waals surface area contributed by atoms with Crippen molar-refractivity contribution in [3.8, 4) is 5.75 Å². The van der Waals surface area contributed by atoms with Crippen LogP contribution in [-0.4, -0.2) is 57.1 Å². The van der Waals surface area contributed by atoms with Crippen LogP contribution in [0.15, 0.2) is 72.8 Å². The molecule has 0 radical (unpaired) electrons. The van der Waals surface area contributed by atoms with Crippen molar-refractivity contribution < 1.29 is 24.6 Å². The number of carbonyl (C=O) groups excluding carboxylic acids is 3. The number of hydrogen-bond donors (Lipinski definition) is 4. The van der Waals surface area contributed by atoms with Crippen LogP contribution in [0.2, 0.25) is 0 Å². The van der Waals surface area contributed by atoms with Crippen molar-refractivity contribution in [2.75, 3.05) is 0 Å². The maximum absolute atomic E-state index is 14.0. The molecule has 41 heavy (non-hydrogen) atoms. The molecular weight excluding hydrogens is 518 g/mol. The number of aliphatic hydroxyl groups is 1. The van der Waals surface area contributed by atoms with E-state index in [2.05, 4.69) is 10.6 Å². The Morgan fingerprint density at radius 3 is 2.44 bits per heavy atom. The maximum atomic E-state index is 14.0. The summed E-state index contributed by atoms with van der Waals surface area (Å²) in [6.45, 7) is 3.99. The lowest BCUT2D eigenvalue weighted by molar-refractivity contribution is -0.150. The van der Waals surface area contributed by atoms with Crippen molar-refractivity contribution in [3.63, 3.8) is 0 Å². The summed E-state index contributed by atoms with van der Waals surface area (Å²) in [5, 5.41) is 27.5. The molecule has 2 bridgehead atoms. The first kappa shape index (κ1) is 28.4. The normalized spacial score (nSPS) is 20.9. The Hall–Kier alpha value is -4.17. The zero-order chi connectivity index (χ0) is 29.1. The minimum absolute atomic E-state index is 0.0125. The van der Waals surface area contributed by atoms with Gasteiger partial charge in [-0.05, 0) is 74.3 Å². The van der Waals surface area contributed by atoms with Gasteiger partial charge in [-0.15, -0.1) is 0 Å². The molecule has 5 rings (SSSR count). The van der Waals surface area contributed by atoms with E-state index in [0.717, 1.165) is 36.0 Å². The number of phenolic OH excluding ortho intramolecular Hbond substituents is 1. The molecule has 3 aromatic rings. The van der Waals surface area contributed by atoms with E-state index in [9.17, 15) is 24.6 Å². The highest BCUT2D eigenvalue weighted by Gasteiger charge is 2.52. The fourth-order valence-corrected chi connectivity index (χ4v) is 6.29. The number of nitrogens with zero attached hydrogens (tertiary/aromatic N) is 1. The predicted molar refractivity (Wildman–Crippen MR) is 155 cm³/mol.